The van der Waals surface area contributed by atoms with Gasteiger partial charge in [0.15, 0.2) is 0 Å². The molecule has 0 radical (unpaired) electrons. The van der Waals surface area contributed by atoms with Crippen molar-refractivity contribution in [3.8, 4) is 0 Å². The van der Waals surface area contributed by atoms with E-state index in [0.717, 1.165) is 33.8 Å². The van der Waals surface area contributed by atoms with Gasteiger partial charge in [0.05, 0.1) is 24.2 Å². The van der Waals surface area contributed by atoms with Gasteiger partial charge >= 0.3 is 6.09 Å². The maximum absolute atomic E-state index is 11.6. The molecule has 3 aromatic rings. The van der Waals surface area contributed by atoms with E-state index >= 15 is 0 Å². The van der Waals surface area contributed by atoms with Crippen LogP contribution in [0.1, 0.15) is 18.3 Å². The fourth-order valence-electron chi connectivity index (χ4n) is 2.77. The summed E-state index contributed by atoms with van der Waals surface area (Å²) < 4.78 is 7.02. The van der Waals surface area contributed by atoms with Crippen molar-refractivity contribution in [2.45, 2.75) is 20.4 Å². The smallest absolute Gasteiger partial charge is 0.411 e. The van der Waals surface area contributed by atoms with Crippen LogP contribution >= 0.6 is 0 Å². The molecule has 0 aliphatic heterocycles. The maximum Gasteiger partial charge on any atom is 0.411 e. The topological polar surface area (TPSA) is 68.2 Å². The molecule has 0 unspecified atom stereocenters. The number of para-hydroxylation sites is 2. The number of fused-ring (bicyclic) bond motifs is 1. The van der Waals surface area contributed by atoms with Gasteiger partial charge in [0, 0.05) is 18.4 Å². The highest BCUT2D eigenvalue weighted by Gasteiger charge is 2.10. The van der Waals surface area contributed by atoms with Crippen molar-refractivity contribution >= 4 is 28.5 Å². The van der Waals surface area contributed by atoms with E-state index in [2.05, 4.69) is 26.3 Å². The Morgan fingerprint density at radius 1 is 1.16 bits per heavy atom. The van der Waals surface area contributed by atoms with Crippen molar-refractivity contribution < 1.29 is 9.53 Å². The molecule has 6 heteroatoms. The SMILES string of the molecule is CCOC(=O)Nc1cccc(NCc2nc3ccccc3n2C)c1C. The Kier molecular flexibility index (Phi) is 4.88. The molecule has 1 aromatic heterocycles. The summed E-state index contributed by atoms with van der Waals surface area (Å²) in [5.41, 5.74) is 4.72. The first-order chi connectivity index (χ1) is 12.1. The molecular formula is C19H22N4O2. The van der Waals surface area contributed by atoms with E-state index in [1.54, 1.807) is 6.92 Å². The number of carbonyl (C=O) groups excluding carboxylic acids is 1. The molecule has 6 nitrogen and oxygen atoms in total. The fourth-order valence-corrected chi connectivity index (χ4v) is 2.77. The van der Waals surface area contributed by atoms with Crippen LogP contribution in [-0.4, -0.2) is 22.3 Å². The third kappa shape index (κ3) is 3.57. The van der Waals surface area contributed by atoms with Crippen LogP contribution in [-0.2, 0) is 18.3 Å². The van der Waals surface area contributed by atoms with Crippen molar-refractivity contribution in [1.29, 1.82) is 0 Å². The van der Waals surface area contributed by atoms with Gasteiger partial charge in [-0.25, -0.2) is 9.78 Å². The number of anilines is 2. The van der Waals surface area contributed by atoms with E-state index in [9.17, 15) is 4.79 Å². The standard InChI is InChI=1S/C19H22N4O2/c1-4-25-19(24)22-15-10-7-9-14(13(15)2)20-12-18-21-16-8-5-6-11-17(16)23(18)3/h5-11,20H,4,12H2,1-3H3,(H,22,24). The Morgan fingerprint density at radius 2 is 1.92 bits per heavy atom. The number of hydrogen-bond donors (Lipinski definition) is 2. The summed E-state index contributed by atoms with van der Waals surface area (Å²) in [4.78, 5) is 16.3. The zero-order chi connectivity index (χ0) is 17.8. The average Bonchev–Trinajstić information content (AvgIpc) is 2.92. The van der Waals surface area contributed by atoms with Crippen LogP contribution in [0.3, 0.4) is 0 Å². The monoisotopic (exact) mass is 338 g/mol. The molecule has 0 atom stereocenters. The summed E-state index contributed by atoms with van der Waals surface area (Å²) >= 11 is 0. The summed E-state index contributed by atoms with van der Waals surface area (Å²) in [6.07, 6.45) is -0.446. The lowest BCUT2D eigenvalue weighted by Crippen LogP contribution is -2.15. The van der Waals surface area contributed by atoms with Crippen molar-refractivity contribution in [1.82, 2.24) is 9.55 Å². The molecule has 0 saturated heterocycles. The molecule has 0 fully saturated rings. The number of hydrogen-bond acceptors (Lipinski definition) is 4. The molecule has 130 valence electrons. The molecule has 0 aliphatic rings. The number of amides is 1. The van der Waals surface area contributed by atoms with E-state index < -0.39 is 6.09 Å². The number of benzene rings is 2. The highest BCUT2D eigenvalue weighted by atomic mass is 16.5. The fraction of sp³-hybridized carbons (Fsp3) is 0.263. The van der Waals surface area contributed by atoms with Crippen LogP contribution in [0.2, 0.25) is 0 Å². The molecule has 25 heavy (non-hydrogen) atoms. The lowest BCUT2D eigenvalue weighted by molar-refractivity contribution is 0.168. The molecule has 3 rings (SSSR count). The van der Waals surface area contributed by atoms with E-state index in [0.29, 0.717) is 13.2 Å². The van der Waals surface area contributed by atoms with Crippen molar-refractivity contribution in [2.24, 2.45) is 7.05 Å². The van der Waals surface area contributed by atoms with Crippen molar-refractivity contribution in [3.63, 3.8) is 0 Å². The maximum atomic E-state index is 11.6. The normalized spacial score (nSPS) is 10.7. The quantitative estimate of drug-likeness (QED) is 0.736. The van der Waals surface area contributed by atoms with Gasteiger partial charge in [-0.1, -0.05) is 18.2 Å². The van der Waals surface area contributed by atoms with Crippen LogP contribution in [0.15, 0.2) is 42.5 Å². The van der Waals surface area contributed by atoms with E-state index in [1.807, 2.05) is 50.4 Å². The number of nitrogens with zero attached hydrogens (tertiary/aromatic N) is 2. The second kappa shape index (κ2) is 7.25. The zero-order valence-electron chi connectivity index (χ0n) is 14.7. The Morgan fingerprint density at radius 3 is 2.68 bits per heavy atom. The van der Waals surface area contributed by atoms with Gasteiger partial charge in [0.1, 0.15) is 5.82 Å². The third-order valence-corrected chi connectivity index (χ3v) is 4.16. The molecule has 1 amide bonds. The second-order valence-electron chi connectivity index (χ2n) is 5.75. The van der Waals surface area contributed by atoms with Gasteiger partial charge in [-0.3, -0.25) is 5.32 Å². The Hall–Kier alpha value is -3.02. The Labute approximate surface area is 146 Å². The van der Waals surface area contributed by atoms with Gasteiger partial charge in [-0.2, -0.15) is 0 Å². The average molecular weight is 338 g/mol. The minimum atomic E-state index is -0.446. The van der Waals surface area contributed by atoms with Gasteiger partial charge in [0.2, 0.25) is 0 Å². The van der Waals surface area contributed by atoms with Crippen LogP contribution in [0, 0.1) is 6.92 Å². The predicted molar refractivity (Wildman–Crippen MR) is 99.9 cm³/mol. The first kappa shape index (κ1) is 16.8. The number of carbonyl (C=O) groups is 1. The van der Waals surface area contributed by atoms with Crippen LogP contribution in [0.5, 0.6) is 0 Å². The number of ether oxygens (including phenoxy) is 1. The Bertz CT molecular complexity index is 902. The Balaban J connectivity index is 1.76. The van der Waals surface area contributed by atoms with Crippen LogP contribution in [0.25, 0.3) is 11.0 Å². The molecule has 1 heterocycles. The number of aromatic nitrogens is 2. The second-order valence-corrected chi connectivity index (χ2v) is 5.75. The highest BCUT2D eigenvalue weighted by molar-refractivity contribution is 5.87. The lowest BCUT2D eigenvalue weighted by Gasteiger charge is -2.14. The molecule has 0 spiro atoms. The lowest BCUT2D eigenvalue weighted by atomic mass is 10.1. The first-order valence-corrected chi connectivity index (χ1v) is 8.27. The van der Waals surface area contributed by atoms with Crippen LogP contribution < -0.4 is 10.6 Å². The van der Waals surface area contributed by atoms with Crippen LogP contribution in [0.4, 0.5) is 16.2 Å². The van der Waals surface area contributed by atoms with Gasteiger partial charge in [0.25, 0.3) is 0 Å². The summed E-state index contributed by atoms with van der Waals surface area (Å²) in [5.74, 6) is 0.948. The predicted octanol–water partition coefficient (Wildman–Crippen LogP) is 4.06. The molecule has 0 aliphatic carbocycles. The number of nitrogens with one attached hydrogen (secondary N) is 2. The summed E-state index contributed by atoms with van der Waals surface area (Å²) in [6, 6.07) is 13.8. The van der Waals surface area contributed by atoms with Gasteiger partial charge < -0.3 is 14.6 Å². The number of imidazole rings is 1. The zero-order valence-corrected chi connectivity index (χ0v) is 14.7. The first-order valence-electron chi connectivity index (χ1n) is 8.27. The highest BCUT2D eigenvalue weighted by Crippen LogP contribution is 2.24. The van der Waals surface area contributed by atoms with E-state index in [1.165, 1.54) is 0 Å². The van der Waals surface area contributed by atoms with Crippen molar-refractivity contribution in [2.75, 3.05) is 17.2 Å². The molecular weight excluding hydrogens is 316 g/mol. The number of aryl methyl sites for hydroxylation is 1. The summed E-state index contributed by atoms with van der Waals surface area (Å²) in [7, 11) is 2.01. The largest absolute Gasteiger partial charge is 0.450 e. The summed E-state index contributed by atoms with van der Waals surface area (Å²) in [5, 5.41) is 6.16. The molecule has 2 aromatic carbocycles. The molecule has 0 bridgehead atoms. The third-order valence-electron chi connectivity index (χ3n) is 4.16. The van der Waals surface area contributed by atoms with Gasteiger partial charge in [-0.15, -0.1) is 0 Å². The minimum absolute atomic E-state index is 0.343. The van der Waals surface area contributed by atoms with E-state index in [4.69, 9.17) is 4.74 Å². The van der Waals surface area contributed by atoms with Crippen molar-refractivity contribution in [3.05, 3.63) is 53.9 Å². The van der Waals surface area contributed by atoms with E-state index in [-0.39, 0.29) is 0 Å². The summed E-state index contributed by atoms with van der Waals surface area (Å²) in [6.45, 7) is 4.67. The molecule has 0 saturated carbocycles. The number of rotatable bonds is 5. The minimum Gasteiger partial charge on any atom is -0.450 e. The van der Waals surface area contributed by atoms with Gasteiger partial charge in [-0.05, 0) is 43.7 Å². The molecule has 2 N–H and O–H groups in total.